The van der Waals surface area contributed by atoms with Crippen molar-refractivity contribution < 1.29 is 17.9 Å². The largest absolute Gasteiger partial charge is 0.481 e. The van der Waals surface area contributed by atoms with E-state index >= 15 is 0 Å². The Labute approximate surface area is 162 Å². The predicted octanol–water partition coefficient (Wildman–Crippen LogP) is 2.61. The second-order valence-electron chi connectivity index (χ2n) is 6.41. The minimum absolute atomic E-state index is 0.0171. The van der Waals surface area contributed by atoms with Crippen LogP contribution in [0.25, 0.3) is 0 Å². The molecule has 3 rings (SSSR count). The number of aromatic nitrogens is 2. The van der Waals surface area contributed by atoms with E-state index in [0.29, 0.717) is 9.72 Å². The van der Waals surface area contributed by atoms with Gasteiger partial charge in [-0.2, -0.15) is 3.97 Å². The van der Waals surface area contributed by atoms with Crippen LogP contribution in [0.15, 0.2) is 70.6 Å². The van der Waals surface area contributed by atoms with Crippen molar-refractivity contribution >= 4 is 15.9 Å². The zero-order valence-electron chi connectivity index (χ0n) is 15.7. The van der Waals surface area contributed by atoms with Gasteiger partial charge in [0.25, 0.3) is 15.9 Å². The molecule has 1 aromatic heterocycles. The highest BCUT2D eigenvalue weighted by atomic mass is 32.2. The Morgan fingerprint density at radius 1 is 1.00 bits per heavy atom. The molecule has 0 aliphatic rings. The van der Waals surface area contributed by atoms with E-state index in [1.54, 1.807) is 37.3 Å². The van der Waals surface area contributed by atoms with Gasteiger partial charge in [0.1, 0.15) is 5.75 Å². The molecule has 0 aliphatic carbocycles. The molecule has 0 spiro atoms. The molecule has 0 saturated carbocycles. The molecular formula is C20H20N2O5S. The Bertz CT molecular complexity index is 1180. The topological polar surface area (TPSA) is 87.4 Å². The summed E-state index contributed by atoms with van der Waals surface area (Å²) in [5.74, 6) is -0.193. The van der Waals surface area contributed by atoms with Crippen molar-refractivity contribution in [3.8, 4) is 5.75 Å². The maximum Gasteiger partial charge on any atom is 0.349 e. The number of benzene rings is 2. The average molecular weight is 400 g/mol. The minimum Gasteiger partial charge on any atom is -0.481 e. The Hall–Kier alpha value is -3.13. The van der Waals surface area contributed by atoms with E-state index in [9.17, 15) is 18.0 Å². The zero-order chi connectivity index (χ0) is 20.5. The summed E-state index contributed by atoms with van der Waals surface area (Å²) in [7, 11) is -4.12. The van der Waals surface area contributed by atoms with Crippen LogP contribution in [0, 0.1) is 13.8 Å². The van der Waals surface area contributed by atoms with Crippen molar-refractivity contribution in [2.45, 2.75) is 31.8 Å². The summed E-state index contributed by atoms with van der Waals surface area (Å²) in [5.41, 5.74) is 0.757. The molecule has 0 radical (unpaired) electrons. The molecular weight excluding hydrogens is 380 g/mol. The van der Waals surface area contributed by atoms with Gasteiger partial charge in [-0.3, -0.25) is 4.79 Å². The maximum atomic E-state index is 12.8. The van der Waals surface area contributed by atoms with E-state index in [0.717, 1.165) is 28.1 Å². The van der Waals surface area contributed by atoms with Crippen LogP contribution < -0.4 is 10.4 Å². The summed E-state index contributed by atoms with van der Waals surface area (Å²) >= 11 is 0. The number of hydrogen-bond acceptors (Lipinski definition) is 5. The van der Waals surface area contributed by atoms with Crippen LogP contribution in [0.3, 0.4) is 0 Å². The first kappa shape index (κ1) is 19.6. The molecule has 0 N–H and O–H groups in total. The molecule has 0 saturated heterocycles. The van der Waals surface area contributed by atoms with Gasteiger partial charge in [0.05, 0.1) is 4.90 Å². The smallest absolute Gasteiger partial charge is 0.349 e. The molecule has 0 amide bonds. The molecule has 7 nitrogen and oxygen atoms in total. The second kappa shape index (κ2) is 7.47. The van der Waals surface area contributed by atoms with Gasteiger partial charge in [-0.25, -0.2) is 17.8 Å². The third-order valence-electron chi connectivity index (χ3n) is 4.42. The normalized spacial score (nSPS) is 12.5. The lowest BCUT2D eigenvalue weighted by Gasteiger charge is -2.13. The number of aryl methyl sites for hydroxylation is 2. The lowest BCUT2D eigenvalue weighted by atomic mass is 10.1. The van der Waals surface area contributed by atoms with Gasteiger partial charge >= 0.3 is 5.69 Å². The number of hydrogen-bond donors (Lipinski definition) is 0. The Balaban J connectivity index is 1.92. The van der Waals surface area contributed by atoms with E-state index in [-0.39, 0.29) is 4.90 Å². The molecule has 2 aromatic carbocycles. The first-order valence-electron chi connectivity index (χ1n) is 8.60. The molecule has 1 atom stereocenters. The van der Waals surface area contributed by atoms with Crippen LogP contribution in [0.1, 0.15) is 22.8 Å². The van der Waals surface area contributed by atoms with Crippen molar-refractivity contribution in [3.05, 3.63) is 82.5 Å². The standard InChI is InChI=1S/C20H20N2O5S/c1-14-9-10-18(13-15(14)2)28(25,26)22-12-11-21(20(22)24)19(23)16(3)27-17-7-5-4-6-8-17/h4-13,16H,1-3H3/t16-/m0/s1. The molecule has 0 aliphatic heterocycles. The van der Waals surface area contributed by atoms with Gasteiger partial charge in [0.2, 0.25) is 0 Å². The molecule has 0 bridgehead atoms. The lowest BCUT2D eigenvalue weighted by molar-refractivity contribution is 0.0723. The third-order valence-corrected chi connectivity index (χ3v) is 6.07. The van der Waals surface area contributed by atoms with Crippen molar-refractivity contribution in [3.63, 3.8) is 0 Å². The number of ether oxygens (including phenoxy) is 1. The maximum absolute atomic E-state index is 12.8. The highest BCUT2D eigenvalue weighted by molar-refractivity contribution is 7.90. The van der Waals surface area contributed by atoms with Crippen molar-refractivity contribution in [1.82, 2.24) is 8.54 Å². The average Bonchev–Trinajstić information content (AvgIpc) is 3.06. The highest BCUT2D eigenvalue weighted by Gasteiger charge is 2.25. The highest BCUT2D eigenvalue weighted by Crippen LogP contribution is 2.17. The monoisotopic (exact) mass is 400 g/mol. The molecule has 0 fully saturated rings. The summed E-state index contributed by atoms with van der Waals surface area (Å²) in [6.07, 6.45) is 1.23. The van der Waals surface area contributed by atoms with Gasteiger partial charge in [0.15, 0.2) is 6.10 Å². The third kappa shape index (κ3) is 3.63. The number of para-hydroxylation sites is 1. The minimum atomic E-state index is -4.12. The van der Waals surface area contributed by atoms with E-state index in [2.05, 4.69) is 0 Å². The van der Waals surface area contributed by atoms with Crippen molar-refractivity contribution in [2.75, 3.05) is 0 Å². The number of carbonyl (C=O) groups excluding carboxylic acids is 1. The molecule has 8 heteroatoms. The summed E-state index contributed by atoms with van der Waals surface area (Å²) in [4.78, 5) is 25.2. The van der Waals surface area contributed by atoms with Gasteiger partial charge in [-0.1, -0.05) is 24.3 Å². The van der Waals surface area contributed by atoms with Crippen molar-refractivity contribution in [2.24, 2.45) is 0 Å². The molecule has 28 heavy (non-hydrogen) atoms. The Morgan fingerprint density at radius 2 is 1.68 bits per heavy atom. The fraction of sp³-hybridized carbons (Fsp3) is 0.200. The van der Waals surface area contributed by atoms with Crippen molar-refractivity contribution in [1.29, 1.82) is 0 Å². The van der Waals surface area contributed by atoms with Gasteiger partial charge < -0.3 is 4.74 Å². The number of imidazole rings is 1. The first-order chi connectivity index (χ1) is 13.2. The van der Waals surface area contributed by atoms with Gasteiger partial charge in [0, 0.05) is 12.4 Å². The second-order valence-corrected chi connectivity index (χ2v) is 8.22. The molecule has 0 unspecified atom stereocenters. The Morgan fingerprint density at radius 3 is 2.32 bits per heavy atom. The van der Waals surface area contributed by atoms with E-state index < -0.39 is 27.7 Å². The summed E-state index contributed by atoms with van der Waals surface area (Å²) in [6, 6.07) is 13.3. The number of rotatable bonds is 5. The number of nitrogens with zero attached hydrogens (tertiary/aromatic N) is 2. The van der Waals surface area contributed by atoms with Crippen LogP contribution >= 0.6 is 0 Å². The first-order valence-corrected chi connectivity index (χ1v) is 10.0. The van der Waals surface area contributed by atoms with Gasteiger partial charge in [-0.05, 0) is 56.2 Å². The van der Waals surface area contributed by atoms with Crippen LogP contribution in [0.2, 0.25) is 0 Å². The zero-order valence-corrected chi connectivity index (χ0v) is 16.5. The quantitative estimate of drug-likeness (QED) is 0.657. The molecule has 1 heterocycles. The van der Waals surface area contributed by atoms with Crippen LogP contribution in [-0.4, -0.2) is 29.0 Å². The number of carbonyl (C=O) groups is 1. The van der Waals surface area contributed by atoms with Crippen LogP contribution in [0.5, 0.6) is 5.75 Å². The molecule has 3 aromatic rings. The van der Waals surface area contributed by atoms with Crippen LogP contribution in [0.4, 0.5) is 0 Å². The predicted molar refractivity (Wildman–Crippen MR) is 104 cm³/mol. The van der Waals surface area contributed by atoms with Gasteiger partial charge in [-0.15, -0.1) is 0 Å². The lowest BCUT2D eigenvalue weighted by Crippen LogP contribution is -2.38. The van der Waals surface area contributed by atoms with E-state index in [1.807, 2.05) is 13.0 Å². The molecule has 146 valence electrons. The Kier molecular flexibility index (Phi) is 5.24. The summed E-state index contributed by atoms with van der Waals surface area (Å²) in [6.45, 7) is 5.15. The fourth-order valence-corrected chi connectivity index (χ4v) is 3.95. The van der Waals surface area contributed by atoms with Crippen LogP contribution in [-0.2, 0) is 10.0 Å². The SMILES string of the molecule is Cc1ccc(S(=O)(=O)n2ccn(C(=O)[C@H](C)Oc3ccccc3)c2=O)cc1C. The summed E-state index contributed by atoms with van der Waals surface area (Å²) < 4.78 is 32.5. The summed E-state index contributed by atoms with van der Waals surface area (Å²) in [5, 5.41) is 0. The van der Waals surface area contributed by atoms with E-state index in [4.69, 9.17) is 4.74 Å². The fourth-order valence-electron chi connectivity index (χ4n) is 2.65. The van der Waals surface area contributed by atoms with E-state index in [1.165, 1.54) is 19.1 Å².